The highest BCUT2D eigenvalue weighted by Gasteiger charge is 2.20. The van der Waals surface area contributed by atoms with Crippen LogP contribution in [0.4, 0.5) is 0 Å². The van der Waals surface area contributed by atoms with Gasteiger partial charge in [-0.2, -0.15) is 0 Å². The van der Waals surface area contributed by atoms with Crippen molar-refractivity contribution >= 4 is 5.91 Å². The molecular weight excluding hydrogens is 655 g/mol. The summed E-state index contributed by atoms with van der Waals surface area (Å²) in [6.45, 7) is 4.19. The zero-order valence-corrected chi connectivity index (χ0v) is 35.4. The number of nitrogens with one attached hydrogen (secondary N) is 1. The smallest absolute Gasteiger partial charge is 0.222 e. The lowest BCUT2D eigenvalue weighted by Gasteiger charge is -2.21. The number of amides is 1. The normalized spacial score (nSPS) is 13.8. The van der Waals surface area contributed by atoms with Crippen molar-refractivity contribution in [1.82, 2.24) is 5.32 Å². The van der Waals surface area contributed by atoms with Gasteiger partial charge in [-0.15, -0.1) is 0 Å². The molecule has 0 aliphatic heterocycles. The van der Waals surface area contributed by atoms with Crippen molar-refractivity contribution in [3.8, 4) is 0 Å². The number of rotatable bonds is 42. The summed E-state index contributed by atoms with van der Waals surface area (Å²) in [5, 5.41) is 33.2. The van der Waals surface area contributed by atoms with E-state index >= 15 is 0 Å². The molecule has 3 unspecified atom stereocenters. The third-order valence-electron chi connectivity index (χ3n) is 10.6. The largest absolute Gasteiger partial charge is 0.394 e. The van der Waals surface area contributed by atoms with E-state index in [0.29, 0.717) is 6.42 Å². The molecule has 0 bridgehead atoms. The zero-order chi connectivity index (χ0) is 38.7. The number of unbranched alkanes of at least 4 members (excludes halogenated alkanes) is 29. The van der Waals surface area contributed by atoms with Crippen molar-refractivity contribution in [3.05, 3.63) is 36.5 Å². The topological polar surface area (TPSA) is 89.8 Å². The van der Waals surface area contributed by atoms with Crippen LogP contribution in [0.2, 0.25) is 0 Å². The SMILES string of the molecule is CCCCCCCC/C=C/CC/C=C/C(O)C(CO)NC(=O)CC(O)CCCCCCCCCCCC/C=C\CCCCCCCCCCCCCC. The fourth-order valence-corrected chi connectivity index (χ4v) is 7.06. The Kier molecular flexibility index (Phi) is 42.1. The Morgan fingerprint density at radius 2 is 0.811 bits per heavy atom. The summed E-state index contributed by atoms with van der Waals surface area (Å²) in [5.74, 6) is -0.326. The highest BCUT2D eigenvalue weighted by atomic mass is 16.3. The van der Waals surface area contributed by atoms with E-state index in [-0.39, 0.29) is 18.9 Å². The number of aliphatic hydroxyl groups is 3. The minimum absolute atomic E-state index is 0.00552. The Labute approximate surface area is 330 Å². The van der Waals surface area contributed by atoms with Crippen LogP contribution in [-0.2, 0) is 4.79 Å². The molecule has 312 valence electrons. The molecule has 0 aliphatic rings. The molecule has 3 atom stereocenters. The zero-order valence-electron chi connectivity index (χ0n) is 35.4. The predicted molar refractivity (Wildman–Crippen MR) is 231 cm³/mol. The first kappa shape index (κ1) is 51.6. The van der Waals surface area contributed by atoms with Gasteiger partial charge < -0.3 is 20.6 Å². The Balaban J connectivity index is 3.60. The predicted octanol–water partition coefficient (Wildman–Crippen LogP) is 13.5. The van der Waals surface area contributed by atoms with E-state index in [2.05, 4.69) is 43.5 Å². The first-order chi connectivity index (χ1) is 26.0. The van der Waals surface area contributed by atoms with Crippen molar-refractivity contribution in [2.75, 3.05) is 6.61 Å². The van der Waals surface area contributed by atoms with Gasteiger partial charge in [0.25, 0.3) is 0 Å². The molecule has 0 aromatic heterocycles. The van der Waals surface area contributed by atoms with Gasteiger partial charge in [0.15, 0.2) is 0 Å². The molecule has 5 nitrogen and oxygen atoms in total. The van der Waals surface area contributed by atoms with Gasteiger partial charge in [0.2, 0.25) is 5.91 Å². The van der Waals surface area contributed by atoms with Gasteiger partial charge in [0, 0.05) is 0 Å². The average Bonchev–Trinajstić information content (AvgIpc) is 3.15. The fraction of sp³-hybridized carbons (Fsp3) is 0.854. The van der Waals surface area contributed by atoms with Crippen LogP contribution in [0.25, 0.3) is 0 Å². The molecule has 53 heavy (non-hydrogen) atoms. The van der Waals surface area contributed by atoms with E-state index in [4.69, 9.17) is 0 Å². The third kappa shape index (κ3) is 40.1. The van der Waals surface area contributed by atoms with Crippen LogP contribution in [-0.4, -0.2) is 46.1 Å². The maximum atomic E-state index is 12.4. The minimum atomic E-state index is -0.950. The second-order valence-electron chi connectivity index (χ2n) is 16.0. The molecule has 0 rings (SSSR count). The first-order valence-corrected chi connectivity index (χ1v) is 23.3. The lowest BCUT2D eigenvalue weighted by atomic mass is 10.0. The first-order valence-electron chi connectivity index (χ1n) is 23.3. The van der Waals surface area contributed by atoms with E-state index in [9.17, 15) is 20.1 Å². The van der Waals surface area contributed by atoms with E-state index in [0.717, 1.165) is 32.1 Å². The number of hydrogen-bond donors (Lipinski definition) is 4. The summed E-state index contributed by atoms with van der Waals surface area (Å²) in [4.78, 5) is 12.4. The Bertz CT molecular complexity index is 824. The van der Waals surface area contributed by atoms with Crippen molar-refractivity contribution in [2.45, 2.75) is 257 Å². The Morgan fingerprint density at radius 3 is 1.21 bits per heavy atom. The molecule has 0 radical (unpaired) electrons. The lowest BCUT2D eigenvalue weighted by molar-refractivity contribution is -0.124. The number of hydrogen-bond acceptors (Lipinski definition) is 4. The number of allylic oxidation sites excluding steroid dienone is 5. The summed E-state index contributed by atoms with van der Waals surface area (Å²) >= 11 is 0. The van der Waals surface area contributed by atoms with Gasteiger partial charge in [-0.05, 0) is 57.8 Å². The maximum absolute atomic E-state index is 12.4. The monoisotopic (exact) mass is 746 g/mol. The standard InChI is InChI=1S/C48H91NO4/c1-3-5-7-9-11-13-15-17-18-19-20-21-22-23-24-25-26-27-28-29-30-31-33-35-37-39-41-45(51)43-48(53)49-46(44-50)47(52)42-40-38-36-34-32-16-14-12-10-8-6-4-2/h23-24,32,34,40,42,45-47,50-52H,3-22,25-31,33,35-39,41,43-44H2,1-2H3,(H,49,53)/b24-23-,34-32+,42-40+. The molecule has 0 heterocycles. The number of carbonyl (C=O) groups is 1. The summed E-state index contributed by atoms with van der Waals surface area (Å²) in [5.41, 5.74) is 0. The number of aliphatic hydroxyl groups excluding tert-OH is 3. The average molecular weight is 746 g/mol. The molecule has 0 aromatic rings. The molecule has 4 N–H and O–H groups in total. The maximum Gasteiger partial charge on any atom is 0.222 e. The van der Waals surface area contributed by atoms with Crippen molar-refractivity contribution in [2.24, 2.45) is 0 Å². The van der Waals surface area contributed by atoms with Crippen LogP contribution in [0.5, 0.6) is 0 Å². The summed E-state index contributed by atoms with van der Waals surface area (Å²) in [6, 6.07) is -0.759. The molecule has 1 amide bonds. The van der Waals surface area contributed by atoms with E-state index in [1.165, 1.54) is 180 Å². The highest BCUT2D eigenvalue weighted by molar-refractivity contribution is 5.76. The second-order valence-corrected chi connectivity index (χ2v) is 16.0. The van der Waals surface area contributed by atoms with Gasteiger partial charge >= 0.3 is 0 Å². The molecular formula is C48H91NO4. The van der Waals surface area contributed by atoms with Crippen molar-refractivity contribution < 1.29 is 20.1 Å². The van der Waals surface area contributed by atoms with E-state index in [1.807, 2.05) is 6.08 Å². The second kappa shape index (κ2) is 43.3. The lowest BCUT2D eigenvalue weighted by Crippen LogP contribution is -2.45. The molecule has 5 heteroatoms. The van der Waals surface area contributed by atoms with Crippen LogP contribution in [0.3, 0.4) is 0 Å². The Hall–Kier alpha value is -1.43. The molecule has 0 saturated heterocycles. The third-order valence-corrected chi connectivity index (χ3v) is 10.6. The van der Waals surface area contributed by atoms with Crippen LogP contribution in [0, 0.1) is 0 Å². The van der Waals surface area contributed by atoms with Crippen molar-refractivity contribution in [3.63, 3.8) is 0 Å². The van der Waals surface area contributed by atoms with Crippen LogP contribution < -0.4 is 5.32 Å². The van der Waals surface area contributed by atoms with E-state index in [1.54, 1.807) is 6.08 Å². The van der Waals surface area contributed by atoms with Crippen LogP contribution >= 0.6 is 0 Å². The molecule has 0 saturated carbocycles. The van der Waals surface area contributed by atoms with Gasteiger partial charge in [-0.1, -0.05) is 211 Å². The molecule has 0 aliphatic carbocycles. The van der Waals surface area contributed by atoms with Gasteiger partial charge in [0.05, 0.1) is 31.3 Å². The van der Waals surface area contributed by atoms with Gasteiger partial charge in [-0.3, -0.25) is 4.79 Å². The van der Waals surface area contributed by atoms with Gasteiger partial charge in [0.1, 0.15) is 0 Å². The summed E-state index contributed by atoms with van der Waals surface area (Å²) in [6.07, 6.45) is 54.5. The molecule has 0 spiro atoms. The quantitative estimate of drug-likeness (QED) is 0.0370. The van der Waals surface area contributed by atoms with E-state index < -0.39 is 18.2 Å². The highest BCUT2D eigenvalue weighted by Crippen LogP contribution is 2.15. The Morgan fingerprint density at radius 1 is 0.472 bits per heavy atom. The molecule has 0 fully saturated rings. The number of carbonyl (C=O) groups excluding carboxylic acids is 1. The van der Waals surface area contributed by atoms with Crippen molar-refractivity contribution in [1.29, 1.82) is 0 Å². The summed E-state index contributed by atoms with van der Waals surface area (Å²) < 4.78 is 0. The minimum Gasteiger partial charge on any atom is -0.394 e. The van der Waals surface area contributed by atoms with Gasteiger partial charge in [-0.25, -0.2) is 0 Å². The van der Waals surface area contributed by atoms with Crippen LogP contribution in [0.1, 0.15) is 239 Å². The van der Waals surface area contributed by atoms with Crippen LogP contribution in [0.15, 0.2) is 36.5 Å². The summed E-state index contributed by atoms with van der Waals surface area (Å²) in [7, 11) is 0. The fourth-order valence-electron chi connectivity index (χ4n) is 7.06. The molecule has 0 aromatic carbocycles.